The lowest BCUT2D eigenvalue weighted by Crippen LogP contribution is -2.36. The van der Waals surface area contributed by atoms with Crippen molar-refractivity contribution in [1.82, 2.24) is 15.1 Å². The summed E-state index contributed by atoms with van der Waals surface area (Å²) in [5.41, 5.74) is -0.707. The van der Waals surface area contributed by atoms with Crippen LogP contribution in [-0.2, 0) is 15.7 Å². The third-order valence-corrected chi connectivity index (χ3v) is 5.19. The molecule has 0 saturated carbocycles. The standard InChI is InChI=1S/C20H25F3N4O4/c21-20(22,23)15-5-3-4-14(12-15)16(13-17(28)29)27-10-9-26(19(27)30)8-2-1-6-24-18-25-7-11-31-18/h3-5,12,16H,1-2,6-11,13H2,(H,24,25)(H,28,29)/t16-/m0/s1. The molecule has 1 aromatic carbocycles. The summed E-state index contributed by atoms with van der Waals surface area (Å²) in [5.74, 6) is -1.18. The molecule has 1 saturated heterocycles. The van der Waals surface area contributed by atoms with Crippen molar-refractivity contribution in [1.29, 1.82) is 0 Å². The third-order valence-electron chi connectivity index (χ3n) is 5.19. The summed E-state index contributed by atoms with van der Waals surface area (Å²) in [6.07, 6.45) is -3.52. The first-order valence-corrected chi connectivity index (χ1v) is 10.1. The second kappa shape index (κ2) is 9.88. The van der Waals surface area contributed by atoms with Gasteiger partial charge >= 0.3 is 18.2 Å². The van der Waals surface area contributed by atoms with Crippen LogP contribution in [0.2, 0.25) is 0 Å². The molecule has 1 aromatic rings. The van der Waals surface area contributed by atoms with Crippen LogP contribution in [0.1, 0.15) is 36.4 Å². The molecule has 0 aromatic heterocycles. The number of halogens is 3. The smallest absolute Gasteiger partial charge is 0.416 e. The minimum Gasteiger partial charge on any atom is -0.481 e. The van der Waals surface area contributed by atoms with E-state index in [1.54, 1.807) is 4.90 Å². The van der Waals surface area contributed by atoms with Gasteiger partial charge in [-0.3, -0.25) is 4.79 Å². The van der Waals surface area contributed by atoms with Crippen LogP contribution in [0.25, 0.3) is 0 Å². The fourth-order valence-electron chi connectivity index (χ4n) is 3.66. The van der Waals surface area contributed by atoms with Crippen LogP contribution < -0.4 is 5.32 Å². The first kappa shape index (κ1) is 22.7. The zero-order chi connectivity index (χ0) is 22.4. The van der Waals surface area contributed by atoms with Crippen LogP contribution in [0.15, 0.2) is 29.3 Å². The number of nitrogens with zero attached hydrogens (tertiary/aromatic N) is 3. The van der Waals surface area contributed by atoms with Gasteiger partial charge in [-0.1, -0.05) is 12.1 Å². The molecule has 0 bridgehead atoms. The van der Waals surface area contributed by atoms with Gasteiger partial charge in [-0.2, -0.15) is 13.2 Å². The van der Waals surface area contributed by atoms with E-state index in [1.165, 1.54) is 17.0 Å². The average Bonchev–Trinajstić information content (AvgIpc) is 3.35. The number of alkyl halides is 3. The zero-order valence-corrected chi connectivity index (χ0v) is 16.9. The van der Waals surface area contributed by atoms with E-state index >= 15 is 0 Å². The number of ether oxygens (including phenoxy) is 1. The van der Waals surface area contributed by atoms with Crippen molar-refractivity contribution >= 4 is 18.0 Å². The first-order chi connectivity index (χ1) is 14.8. The number of aliphatic imine (C=N–C) groups is 1. The molecule has 2 amide bonds. The van der Waals surface area contributed by atoms with E-state index in [0.29, 0.717) is 45.2 Å². The number of carboxylic acids is 1. The highest BCUT2D eigenvalue weighted by Crippen LogP contribution is 2.34. The number of aliphatic carboxylic acids is 1. The van der Waals surface area contributed by atoms with Gasteiger partial charge in [-0.15, -0.1) is 0 Å². The Morgan fingerprint density at radius 2 is 2.10 bits per heavy atom. The Kier molecular flexibility index (Phi) is 7.24. The molecule has 2 aliphatic heterocycles. The predicted octanol–water partition coefficient (Wildman–Crippen LogP) is 2.71. The molecule has 0 spiro atoms. The van der Waals surface area contributed by atoms with E-state index in [9.17, 15) is 27.9 Å². The quantitative estimate of drug-likeness (QED) is 0.574. The summed E-state index contributed by atoms with van der Waals surface area (Å²) in [4.78, 5) is 31.3. The van der Waals surface area contributed by atoms with Gasteiger partial charge in [0.25, 0.3) is 6.02 Å². The highest BCUT2D eigenvalue weighted by molar-refractivity contribution is 5.78. The lowest BCUT2D eigenvalue weighted by molar-refractivity contribution is -0.138. The van der Waals surface area contributed by atoms with Gasteiger partial charge in [-0.25, -0.2) is 9.79 Å². The van der Waals surface area contributed by atoms with E-state index in [4.69, 9.17) is 4.74 Å². The van der Waals surface area contributed by atoms with Gasteiger partial charge < -0.3 is 25.0 Å². The van der Waals surface area contributed by atoms with Crippen LogP contribution in [0, 0.1) is 0 Å². The molecule has 11 heteroatoms. The Hall–Kier alpha value is -2.98. The molecule has 0 aliphatic carbocycles. The third kappa shape index (κ3) is 6.02. The number of nitrogens with one attached hydrogen (secondary N) is 1. The fourth-order valence-corrected chi connectivity index (χ4v) is 3.66. The molecule has 2 heterocycles. The number of carbonyl (C=O) groups excluding carboxylic acids is 1. The Bertz CT molecular complexity index is 831. The number of hydrogen-bond donors (Lipinski definition) is 2. The highest BCUT2D eigenvalue weighted by atomic mass is 19.4. The maximum absolute atomic E-state index is 13.1. The second-order valence-electron chi connectivity index (χ2n) is 7.37. The van der Waals surface area contributed by atoms with Gasteiger partial charge in [-0.05, 0) is 30.5 Å². The minimum atomic E-state index is -4.55. The van der Waals surface area contributed by atoms with Crippen molar-refractivity contribution in [3.05, 3.63) is 35.4 Å². The monoisotopic (exact) mass is 442 g/mol. The van der Waals surface area contributed by atoms with Gasteiger partial charge in [0.2, 0.25) is 0 Å². The summed E-state index contributed by atoms with van der Waals surface area (Å²) >= 11 is 0. The van der Waals surface area contributed by atoms with Gasteiger partial charge in [0.15, 0.2) is 0 Å². The number of amides is 2. The fraction of sp³-hybridized carbons (Fsp3) is 0.550. The number of unbranched alkanes of at least 4 members (excludes halogenated alkanes) is 1. The highest BCUT2D eigenvalue weighted by Gasteiger charge is 2.37. The summed E-state index contributed by atoms with van der Waals surface area (Å²) in [6, 6.07) is 3.71. The Balaban J connectivity index is 1.59. The van der Waals surface area contributed by atoms with E-state index in [0.717, 1.165) is 18.6 Å². The van der Waals surface area contributed by atoms with Gasteiger partial charge in [0, 0.05) is 26.2 Å². The molecule has 2 N–H and O–H groups in total. The van der Waals surface area contributed by atoms with Crippen LogP contribution in [0.4, 0.5) is 18.0 Å². The lowest BCUT2D eigenvalue weighted by atomic mass is 10.00. The molecular weight excluding hydrogens is 417 g/mol. The normalized spacial score (nSPS) is 17.5. The summed E-state index contributed by atoms with van der Waals surface area (Å²) < 4.78 is 44.5. The topological polar surface area (TPSA) is 94.5 Å². The van der Waals surface area contributed by atoms with Crippen molar-refractivity contribution in [3.8, 4) is 0 Å². The van der Waals surface area contributed by atoms with E-state index < -0.39 is 30.2 Å². The number of hydrogen-bond acceptors (Lipinski definition) is 5. The minimum absolute atomic E-state index is 0.161. The molecule has 1 fully saturated rings. The molecule has 0 radical (unpaired) electrons. The second-order valence-corrected chi connectivity index (χ2v) is 7.37. The molecule has 31 heavy (non-hydrogen) atoms. The molecule has 0 unspecified atom stereocenters. The lowest BCUT2D eigenvalue weighted by Gasteiger charge is -2.28. The molecule has 170 valence electrons. The summed E-state index contributed by atoms with van der Waals surface area (Å²) in [7, 11) is 0. The Morgan fingerprint density at radius 3 is 2.77 bits per heavy atom. The summed E-state index contributed by atoms with van der Waals surface area (Å²) in [6.45, 7) is 3.00. The average molecular weight is 442 g/mol. The van der Waals surface area contributed by atoms with Crippen LogP contribution in [0.5, 0.6) is 0 Å². The summed E-state index contributed by atoms with van der Waals surface area (Å²) in [5, 5.41) is 12.3. The zero-order valence-electron chi connectivity index (χ0n) is 16.9. The van der Waals surface area contributed by atoms with Gasteiger partial charge in [0.05, 0.1) is 24.6 Å². The molecule has 1 atom stereocenters. The number of carbonyl (C=O) groups is 2. The number of carboxylic acid groups (broad SMARTS) is 1. The van der Waals surface area contributed by atoms with Crippen molar-refractivity contribution in [2.75, 3.05) is 39.3 Å². The molecule has 8 nitrogen and oxygen atoms in total. The van der Waals surface area contributed by atoms with Crippen molar-refractivity contribution in [3.63, 3.8) is 0 Å². The van der Waals surface area contributed by atoms with E-state index in [1.807, 2.05) is 0 Å². The van der Waals surface area contributed by atoms with Crippen LogP contribution >= 0.6 is 0 Å². The number of benzene rings is 1. The van der Waals surface area contributed by atoms with E-state index in [-0.39, 0.29) is 18.1 Å². The number of rotatable bonds is 9. The first-order valence-electron chi connectivity index (χ1n) is 10.1. The maximum Gasteiger partial charge on any atom is 0.416 e. The van der Waals surface area contributed by atoms with Crippen LogP contribution in [0.3, 0.4) is 0 Å². The van der Waals surface area contributed by atoms with E-state index in [2.05, 4.69) is 10.3 Å². The Labute approximate surface area is 177 Å². The van der Waals surface area contributed by atoms with Crippen molar-refractivity contribution in [2.45, 2.75) is 31.5 Å². The molecule has 3 rings (SSSR count). The SMILES string of the molecule is O=C(O)C[C@@H](c1cccc(C(F)(F)F)c1)N1CCN(CCCCNC2=NCCO2)C1=O. The number of amidine groups is 1. The van der Waals surface area contributed by atoms with Crippen molar-refractivity contribution in [2.24, 2.45) is 4.99 Å². The Morgan fingerprint density at radius 1 is 1.29 bits per heavy atom. The van der Waals surface area contributed by atoms with Gasteiger partial charge in [0.1, 0.15) is 6.61 Å². The molecule has 2 aliphatic rings. The van der Waals surface area contributed by atoms with Crippen LogP contribution in [-0.4, -0.2) is 72.3 Å². The number of urea groups is 1. The molecular formula is C20H25F3N4O4. The predicted molar refractivity (Wildman–Crippen MR) is 106 cm³/mol. The maximum atomic E-state index is 13.1. The largest absolute Gasteiger partial charge is 0.481 e. The van der Waals surface area contributed by atoms with Crippen molar-refractivity contribution < 1.29 is 32.6 Å².